The van der Waals surface area contributed by atoms with Crippen LogP contribution in [0.1, 0.15) is 46.0 Å². The first-order valence-corrected chi connectivity index (χ1v) is 7.77. The number of rotatable bonds is 4. The van der Waals surface area contributed by atoms with Crippen molar-refractivity contribution in [1.82, 2.24) is 9.80 Å². The lowest BCUT2D eigenvalue weighted by Crippen LogP contribution is -2.57. The first-order valence-electron chi connectivity index (χ1n) is 7.77. The molecule has 0 unspecified atom stereocenters. The van der Waals surface area contributed by atoms with E-state index in [2.05, 4.69) is 11.8 Å². The molecule has 0 aromatic heterocycles. The summed E-state index contributed by atoms with van der Waals surface area (Å²) < 4.78 is 6.09. The molecule has 4 nitrogen and oxygen atoms in total. The summed E-state index contributed by atoms with van der Waals surface area (Å²) in [5.74, 6) is 0.200. The number of likely N-dealkylation sites (tertiary alicyclic amines) is 1. The molecule has 0 saturated carbocycles. The van der Waals surface area contributed by atoms with Gasteiger partial charge in [-0.15, -0.1) is 0 Å². The highest BCUT2D eigenvalue weighted by atomic mass is 16.5. The lowest BCUT2D eigenvalue weighted by Gasteiger charge is -2.47. The zero-order chi connectivity index (χ0) is 13.7. The zero-order valence-corrected chi connectivity index (χ0v) is 12.5. The molecule has 2 aliphatic heterocycles. The summed E-state index contributed by atoms with van der Waals surface area (Å²) in [7, 11) is 0. The van der Waals surface area contributed by atoms with Crippen LogP contribution in [0.15, 0.2) is 0 Å². The number of hydrogen-bond donors (Lipinski definition) is 0. The summed E-state index contributed by atoms with van der Waals surface area (Å²) >= 11 is 0. The molecule has 0 atom stereocenters. The van der Waals surface area contributed by atoms with E-state index in [9.17, 15) is 4.79 Å². The third kappa shape index (κ3) is 3.93. The molecule has 2 fully saturated rings. The average molecular weight is 268 g/mol. The molecule has 0 aromatic rings. The molecule has 4 heteroatoms. The highest BCUT2D eigenvalue weighted by molar-refractivity contribution is 5.73. The van der Waals surface area contributed by atoms with Gasteiger partial charge in [0.2, 0.25) is 5.91 Å². The molecular weight excluding hydrogens is 240 g/mol. The number of morpholine rings is 1. The van der Waals surface area contributed by atoms with Crippen LogP contribution in [-0.4, -0.2) is 60.6 Å². The minimum Gasteiger partial charge on any atom is -0.372 e. The van der Waals surface area contributed by atoms with E-state index in [0.29, 0.717) is 0 Å². The van der Waals surface area contributed by atoms with Gasteiger partial charge in [0.25, 0.3) is 0 Å². The molecule has 0 radical (unpaired) electrons. The van der Waals surface area contributed by atoms with E-state index in [4.69, 9.17) is 4.74 Å². The second kappa shape index (κ2) is 6.71. The van der Waals surface area contributed by atoms with E-state index < -0.39 is 0 Å². The van der Waals surface area contributed by atoms with E-state index in [-0.39, 0.29) is 11.5 Å². The molecular formula is C15H28N2O2. The fourth-order valence-electron chi connectivity index (χ4n) is 3.23. The van der Waals surface area contributed by atoms with Crippen LogP contribution in [0.5, 0.6) is 0 Å². The summed E-state index contributed by atoms with van der Waals surface area (Å²) in [6, 6.07) is 0. The number of nitrogens with zero attached hydrogens (tertiary/aromatic N) is 2. The van der Waals surface area contributed by atoms with Crippen molar-refractivity contribution in [3.8, 4) is 0 Å². The third-order valence-electron chi connectivity index (χ3n) is 4.53. The largest absolute Gasteiger partial charge is 0.372 e. The van der Waals surface area contributed by atoms with Gasteiger partial charge in [-0.3, -0.25) is 9.69 Å². The maximum Gasteiger partial charge on any atom is 0.219 e. The van der Waals surface area contributed by atoms with Crippen LogP contribution in [-0.2, 0) is 9.53 Å². The number of ether oxygens (including phenoxy) is 1. The lowest BCUT2D eigenvalue weighted by atomic mass is 9.89. The van der Waals surface area contributed by atoms with E-state index >= 15 is 0 Å². The molecule has 0 bridgehead atoms. The summed E-state index contributed by atoms with van der Waals surface area (Å²) in [6.45, 7) is 9.82. The fraction of sp³-hybridized carbons (Fsp3) is 0.933. The van der Waals surface area contributed by atoms with Crippen molar-refractivity contribution >= 4 is 5.91 Å². The first-order chi connectivity index (χ1) is 9.15. The van der Waals surface area contributed by atoms with Gasteiger partial charge >= 0.3 is 0 Å². The second-order valence-electron chi connectivity index (χ2n) is 6.02. The van der Waals surface area contributed by atoms with E-state index in [1.165, 1.54) is 25.8 Å². The molecule has 19 heavy (non-hydrogen) atoms. The maximum atomic E-state index is 11.4. The molecule has 1 amide bonds. The average Bonchev–Trinajstić information content (AvgIpc) is 2.40. The molecule has 0 N–H and O–H groups in total. The Hall–Kier alpha value is -0.610. The Morgan fingerprint density at radius 2 is 1.95 bits per heavy atom. The molecule has 1 spiro atoms. The van der Waals surface area contributed by atoms with Gasteiger partial charge in [0, 0.05) is 33.1 Å². The Balaban J connectivity index is 1.81. The quantitative estimate of drug-likeness (QED) is 0.730. The number of amides is 1. The van der Waals surface area contributed by atoms with Gasteiger partial charge in [-0.25, -0.2) is 0 Å². The van der Waals surface area contributed by atoms with Crippen LogP contribution in [0.25, 0.3) is 0 Å². The van der Waals surface area contributed by atoms with Crippen molar-refractivity contribution in [2.45, 2.75) is 51.6 Å². The van der Waals surface area contributed by atoms with E-state index in [1.54, 1.807) is 6.92 Å². The normalized spacial score (nSPS) is 23.8. The Kier molecular flexibility index (Phi) is 5.22. The fourth-order valence-corrected chi connectivity index (χ4v) is 3.23. The highest BCUT2D eigenvalue weighted by Gasteiger charge is 2.39. The predicted octanol–water partition coefficient (Wildman–Crippen LogP) is 1.89. The van der Waals surface area contributed by atoms with Gasteiger partial charge in [0.15, 0.2) is 0 Å². The van der Waals surface area contributed by atoms with Crippen molar-refractivity contribution in [2.75, 3.05) is 39.3 Å². The minimum atomic E-state index is 0.0242. The van der Waals surface area contributed by atoms with Crippen molar-refractivity contribution in [1.29, 1.82) is 0 Å². The Labute approximate surface area is 117 Å². The molecule has 110 valence electrons. The van der Waals surface area contributed by atoms with Gasteiger partial charge in [-0.05, 0) is 25.8 Å². The van der Waals surface area contributed by atoms with Gasteiger partial charge in [0.1, 0.15) is 0 Å². The number of carbonyl (C=O) groups is 1. The van der Waals surface area contributed by atoms with Crippen molar-refractivity contribution in [3.63, 3.8) is 0 Å². The summed E-state index contributed by atoms with van der Waals surface area (Å²) in [4.78, 5) is 15.9. The van der Waals surface area contributed by atoms with Gasteiger partial charge in [-0.1, -0.05) is 19.8 Å². The smallest absolute Gasteiger partial charge is 0.219 e. The SMILES string of the molecule is CCCCCN1CCOC2(CCN(C(C)=O)CC2)C1. The Bertz CT molecular complexity index is 299. The summed E-state index contributed by atoms with van der Waals surface area (Å²) in [6.07, 6.45) is 5.89. The standard InChI is InChI=1S/C15H28N2O2/c1-3-4-5-8-16-11-12-19-15(13-16)6-9-17(10-7-15)14(2)18/h3-13H2,1-2H3. The monoisotopic (exact) mass is 268 g/mol. The van der Waals surface area contributed by atoms with Crippen LogP contribution in [0, 0.1) is 0 Å². The molecule has 2 aliphatic rings. The Morgan fingerprint density at radius 3 is 2.58 bits per heavy atom. The highest BCUT2D eigenvalue weighted by Crippen LogP contribution is 2.30. The predicted molar refractivity (Wildman–Crippen MR) is 76.1 cm³/mol. The van der Waals surface area contributed by atoms with Gasteiger partial charge in [0.05, 0.1) is 12.2 Å². The maximum absolute atomic E-state index is 11.4. The third-order valence-corrected chi connectivity index (χ3v) is 4.53. The van der Waals surface area contributed by atoms with Crippen molar-refractivity contribution < 1.29 is 9.53 Å². The van der Waals surface area contributed by atoms with Crippen LogP contribution in [0.4, 0.5) is 0 Å². The van der Waals surface area contributed by atoms with E-state index in [0.717, 1.165) is 45.6 Å². The number of hydrogen-bond acceptors (Lipinski definition) is 3. The molecule has 2 saturated heterocycles. The van der Waals surface area contributed by atoms with Crippen molar-refractivity contribution in [3.05, 3.63) is 0 Å². The van der Waals surface area contributed by atoms with Crippen LogP contribution >= 0.6 is 0 Å². The molecule has 0 aromatic carbocycles. The number of carbonyl (C=O) groups excluding carboxylic acids is 1. The van der Waals surface area contributed by atoms with Gasteiger partial charge < -0.3 is 9.64 Å². The summed E-state index contributed by atoms with van der Waals surface area (Å²) in [5, 5.41) is 0. The van der Waals surface area contributed by atoms with Crippen LogP contribution in [0.3, 0.4) is 0 Å². The minimum absolute atomic E-state index is 0.0242. The number of unbranched alkanes of at least 4 members (excludes halogenated alkanes) is 2. The second-order valence-corrected chi connectivity index (χ2v) is 6.02. The topological polar surface area (TPSA) is 32.8 Å². The molecule has 0 aliphatic carbocycles. The van der Waals surface area contributed by atoms with Crippen molar-refractivity contribution in [2.24, 2.45) is 0 Å². The molecule has 2 rings (SSSR count). The first kappa shape index (κ1) is 14.8. The van der Waals surface area contributed by atoms with Crippen LogP contribution < -0.4 is 0 Å². The van der Waals surface area contributed by atoms with Gasteiger partial charge in [-0.2, -0.15) is 0 Å². The summed E-state index contributed by atoms with van der Waals surface area (Å²) in [5.41, 5.74) is 0.0242. The zero-order valence-electron chi connectivity index (χ0n) is 12.5. The molecule has 2 heterocycles. The number of piperidine rings is 1. The Morgan fingerprint density at radius 1 is 1.21 bits per heavy atom. The van der Waals surface area contributed by atoms with E-state index in [1.807, 2.05) is 4.90 Å². The van der Waals surface area contributed by atoms with Crippen LogP contribution in [0.2, 0.25) is 0 Å². The lowest BCUT2D eigenvalue weighted by molar-refractivity contribution is -0.149.